The number of carbonyl (C=O) groups is 1. The van der Waals surface area contributed by atoms with E-state index in [4.69, 9.17) is 0 Å². The van der Waals surface area contributed by atoms with Gasteiger partial charge in [0.1, 0.15) is 11.5 Å². The summed E-state index contributed by atoms with van der Waals surface area (Å²) in [7, 11) is 1.64. The number of aromatic hydroxyl groups is 2. The van der Waals surface area contributed by atoms with Gasteiger partial charge in [-0.3, -0.25) is 4.79 Å². The standard InChI is InChI=1S/C16H16BrNO3/c1-10(12-5-3-4-6-14(12)19)18(2)16(21)13-8-7-11(17)9-15(13)20/h3-10,19-20H,1-2H3. The Kier molecular flexibility index (Phi) is 4.53. The molecule has 0 aliphatic heterocycles. The number of phenolic OH excluding ortho intramolecular Hbond substituents is 2. The maximum absolute atomic E-state index is 12.5. The van der Waals surface area contributed by atoms with Gasteiger partial charge in [-0.15, -0.1) is 0 Å². The van der Waals surface area contributed by atoms with Crippen molar-refractivity contribution in [3.05, 3.63) is 58.1 Å². The van der Waals surface area contributed by atoms with E-state index in [1.54, 1.807) is 43.4 Å². The van der Waals surface area contributed by atoms with Crippen LogP contribution in [0.3, 0.4) is 0 Å². The molecule has 4 nitrogen and oxygen atoms in total. The van der Waals surface area contributed by atoms with Crippen LogP contribution in [0.15, 0.2) is 46.9 Å². The lowest BCUT2D eigenvalue weighted by Gasteiger charge is -2.26. The molecule has 2 rings (SSSR count). The third-order valence-corrected chi connectivity index (χ3v) is 3.97. The molecule has 0 bridgehead atoms. The molecule has 1 unspecified atom stereocenters. The molecule has 1 amide bonds. The Morgan fingerprint density at radius 3 is 2.43 bits per heavy atom. The predicted octanol–water partition coefficient (Wildman–Crippen LogP) is 3.69. The van der Waals surface area contributed by atoms with Gasteiger partial charge >= 0.3 is 0 Å². The highest BCUT2D eigenvalue weighted by atomic mass is 79.9. The monoisotopic (exact) mass is 349 g/mol. The molecule has 2 N–H and O–H groups in total. The number of halogens is 1. The fourth-order valence-electron chi connectivity index (χ4n) is 2.10. The van der Waals surface area contributed by atoms with Crippen molar-refractivity contribution in [2.24, 2.45) is 0 Å². The number of benzene rings is 2. The van der Waals surface area contributed by atoms with Gasteiger partial charge in [0.2, 0.25) is 0 Å². The SMILES string of the molecule is CC(c1ccccc1O)N(C)C(=O)c1ccc(Br)cc1O. The summed E-state index contributed by atoms with van der Waals surface area (Å²) in [6, 6.07) is 11.3. The van der Waals surface area contributed by atoms with Gasteiger partial charge in [-0.2, -0.15) is 0 Å². The Bertz CT molecular complexity index is 672. The normalized spacial score (nSPS) is 12.0. The van der Waals surface area contributed by atoms with Gasteiger partial charge < -0.3 is 15.1 Å². The lowest BCUT2D eigenvalue weighted by atomic mass is 10.0. The first-order valence-electron chi connectivity index (χ1n) is 6.45. The van der Waals surface area contributed by atoms with Gasteiger partial charge in [0.25, 0.3) is 5.91 Å². The van der Waals surface area contributed by atoms with Crippen LogP contribution in [0.1, 0.15) is 28.9 Å². The number of carbonyl (C=O) groups excluding carboxylic acids is 1. The summed E-state index contributed by atoms with van der Waals surface area (Å²) in [5.74, 6) is -0.244. The van der Waals surface area contributed by atoms with E-state index in [0.717, 1.165) is 0 Å². The summed E-state index contributed by atoms with van der Waals surface area (Å²) in [6.45, 7) is 1.82. The molecule has 0 heterocycles. The molecule has 0 aliphatic carbocycles. The molecule has 0 saturated carbocycles. The van der Waals surface area contributed by atoms with Crippen LogP contribution < -0.4 is 0 Å². The van der Waals surface area contributed by atoms with Gasteiger partial charge in [0.15, 0.2) is 0 Å². The third-order valence-electron chi connectivity index (χ3n) is 3.48. The van der Waals surface area contributed by atoms with E-state index in [1.807, 2.05) is 6.92 Å². The van der Waals surface area contributed by atoms with E-state index in [0.29, 0.717) is 10.0 Å². The van der Waals surface area contributed by atoms with E-state index in [1.165, 1.54) is 11.0 Å². The Morgan fingerprint density at radius 2 is 1.81 bits per heavy atom. The Morgan fingerprint density at radius 1 is 1.14 bits per heavy atom. The van der Waals surface area contributed by atoms with Crippen LogP contribution in [0.4, 0.5) is 0 Å². The van der Waals surface area contributed by atoms with Crippen molar-refractivity contribution in [2.45, 2.75) is 13.0 Å². The summed E-state index contributed by atoms with van der Waals surface area (Å²) >= 11 is 3.24. The zero-order valence-corrected chi connectivity index (χ0v) is 13.3. The quantitative estimate of drug-likeness (QED) is 0.888. The van der Waals surface area contributed by atoms with E-state index < -0.39 is 0 Å². The Balaban J connectivity index is 2.29. The van der Waals surface area contributed by atoms with Crippen molar-refractivity contribution in [2.75, 3.05) is 7.05 Å². The lowest BCUT2D eigenvalue weighted by molar-refractivity contribution is 0.0738. The summed E-state index contributed by atoms with van der Waals surface area (Å²) in [5.41, 5.74) is 0.882. The van der Waals surface area contributed by atoms with Crippen LogP contribution in [-0.4, -0.2) is 28.1 Å². The first kappa shape index (κ1) is 15.4. The van der Waals surface area contributed by atoms with Gasteiger partial charge in [-0.05, 0) is 31.2 Å². The maximum Gasteiger partial charge on any atom is 0.257 e. The van der Waals surface area contributed by atoms with Crippen molar-refractivity contribution >= 4 is 21.8 Å². The first-order chi connectivity index (χ1) is 9.91. The molecule has 21 heavy (non-hydrogen) atoms. The van der Waals surface area contributed by atoms with E-state index in [9.17, 15) is 15.0 Å². The van der Waals surface area contributed by atoms with Crippen molar-refractivity contribution in [1.82, 2.24) is 4.90 Å². The molecule has 1 atom stereocenters. The van der Waals surface area contributed by atoms with Crippen LogP contribution in [0.5, 0.6) is 11.5 Å². The van der Waals surface area contributed by atoms with E-state index >= 15 is 0 Å². The molecule has 0 saturated heterocycles. The second kappa shape index (κ2) is 6.18. The van der Waals surface area contributed by atoms with Crippen LogP contribution in [0, 0.1) is 0 Å². The van der Waals surface area contributed by atoms with Crippen LogP contribution >= 0.6 is 15.9 Å². The minimum Gasteiger partial charge on any atom is -0.508 e. The highest BCUT2D eigenvalue weighted by Crippen LogP contribution is 2.30. The van der Waals surface area contributed by atoms with Crippen LogP contribution in [0.2, 0.25) is 0 Å². The number of hydrogen-bond donors (Lipinski definition) is 2. The number of amides is 1. The van der Waals surface area contributed by atoms with Gasteiger partial charge in [0, 0.05) is 17.1 Å². The average molecular weight is 350 g/mol. The highest BCUT2D eigenvalue weighted by Gasteiger charge is 2.22. The third kappa shape index (κ3) is 3.19. The Labute approximate surface area is 131 Å². The van der Waals surface area contributed by atoms with Gasteiger partial charge in [-0.25, -0.2) is 0 Å². The minimum absolute atomic E-state index is 0.0780. The number of rotatable bonds is 3. The molecule has 2 aromatic rings. The van der Waals surface area contributed by atoms with Crippen LogP contribution in [0.25, 0.3) is 0 Å². The largest absolute Gasteiger partial charge is 0.508 e. The summed E-state index contributed by atoms with van der Waals surface area (Å²) in [6.07, 6.45) is 0. The molecule has 0 aliphatic rings. The minimum atomic E-state index is -0.318. The summed E-state index contributed by atoms with van der Waals surface area (Å²) < 4.78 is 0.702. The fraction of sp³-hybridized carbons (Fsp3) is 0.188. The molecule has 0 fully saturated rings. The predicted molar refractivity (Wildman–Crippen MR) is 84.4 cm³/mol. The van der Waals surface area contributed by atoms with Crippen molar-refractivity contribution < 1.29 is 15.0 Å². The molecule has 110 valence electrons. The zero-order chi connectivity index (χ0) is 15.6. The smallest absolute Gasteiger partial charge is 0.257 e. The fourth-order valence-corrected chi connectivity index (χ4v) is 2.45. The molecule has 5 heteroatoms. The number of nitrogens with zero attached hydrogens (tertiary/aromatic N) is 1. The Hall–Kier alpha value is -2.01. The van der Waals surface area contributed by atoms with Crippen molar-refractivity contribution in [1.29, 1.82) is 0 Å². The van der Waals surface area contributed by atoms with E-state index in [2.05, 4.69) is 15.9 Å². The van der Waals surface area contributed by atoms with Gasteiger partial charge in [-0.1, -0.05) is 34.1 Å². The topological polar surface area (TPSA) is 60.8 Å². The molecule has 0 spiro atoms. The summed E-state index contributed by atoms with van der Waals surface area (Å²) in [5, 5.41) is 19.8. The zero-order valence-electron chi connectivity index (χ0n) is 11.7. The van der Waals surface area contributed by atoms with Gasteiger partial charge in [0.05, 0.1) is 11.6 Å². The lowest BCUT2D eigenvalue weighted by Crippen LogP contribution is -2.29. The number of para-hydroxylation sites is 1. The first-order valence-corrected chi connectivity index (χ1v) is 7.24. The highest BCUT2D eigenvalue weighted by molar-refractivity contribution is 9.10. The summed E-state index contributed by atoms with van der Waals surface area (Å²) in [4.78, 5) is 14.0. The maximum atomic E-state index is 12.5. The second-order valence-corrected chi connectivity index (χ2v) is 5.73. The number of hydrogen-bond acceptors (Lipinski definition) is 3. The van der Waals surface area contributed by atoms with Crippen LogP contribution in [-0.2, 0) is 0 Å². The molecular weight excluding hydrogens is 334 g/mol. The molecule has 0 radical (unpaired) electrons. The molecule has 0 aromatic heterocycles. The molecule has 2 aromatic carbocycles. The van der Waals surface area contributed by atoms with Crippen molar-refractivity contribution in [3.63, 3.8) is 0 Å². The average Bonchev–Trinajstić information content (AvgIpc) is 2.45. The second-order valence-electron chi connectivity index (χ2n) is 4.81. The van der Waals surface area contributed by atoms with E-state index in [-0.39, 0.29) is 29.0 Å². The van der Waals surface area contributed by atoms with Crippen molar-refractivity contribution in [3.8, 4) is 11.5 Å². The number of phenols is 2. The molecular formula is C16H16BrNO3.